The zero-order chi connectivity index (χ0) is 15.4. The van der Waals surface area contributed by atoms with Crippen LogP contribution in [0.15, 0.2) is 18.2 Å². The third kappa shape index (κ3) is 4.01. The molecule has 114 valence electrons. The Balaban J connectivity index is 2.12. The van der Waals surface area contributed by atoms with Gasteiger partial charge >= 0.3 is 5.97 Å². The van der Waals surface area contributed by atoms with Crippen LogP contribution in [0.25, 0.3) is 0 Å². The zero-order valence-corrected chi connectivity index (χ0v) is 11.8. The number of carboxylic acids is 1. The van der Waals surface area contributed by atoms with Crippen molar-refractivity contribution in [3.63, 3.8) is 0 Å². The van der Waals surface area contributed by atoms with Crippen molar-refractivity contribution in [3.8, 4) is 0 Å². The summed E-state index contributed by atoms with van der Waals surface area (Å²) < 4.78 is 18.6. The average Bonchev–Trinajstić information content (AvgIpc) is 2.44. The topological polar surface area (TPSA) is 75.6 Å². The summed E-state index contributed by atoms with van der Waals surface area (Å²) in [5.74, 6) is -2.48. The highest BCUT2D eigenvalue weighted by Crippen LogP contribution is 2.18. The van der Waals surface area contributed by atoms with E-state index in [1.807, 2.05) is 0 Å². The van der Waals surface area contributed by atoms with Crippen LogP contribution in [-0.4, -0.2) is 36.2 Å². The minimum atomic E-state index is -1.10. The molecular formula is C15H18FNO4. The Kier molecular flexibility index (Phi) is 4.90. The van der Waals surface area contributed by atoms with Crippen molar-refractivity contribution in [3.05, 3.63) is 35.1 Å². The predicted molar refractivity (Wildman–Crippen MR) is 73.6 cm³/mol. The first-order valence-electron chi connectivity index (χ1n) is 6.86. The molecule has 0 spiro atoms. The molecule has 1 aliphatic rings. The summed E-state index contributed by atoms with van der Waals surface area (Å²) in [4.78, 5) is 23.5. The van der Waals surface area contributed by atoms with Crippen LogP contribution in [0.5, 0.6) is 0 Å². The monoisotopic (exact) mass is 295 g/mol. The highest BCUT2D eigenvalue weighted by Gasteiger charge is 2.31. The lowest BCUT2D eigenvalue weighted by atomic mass is 9.93. The summed E-state index contributed by atoms with van der Waals surface area (Å²) in [6, 6.07) is 2.90. The number of carboxylic acid groups (broad SMARTS) is 1. The molecule has 0 radical (unpaired) electrons. The highest BCUT2D eigenvalue weighted by atomic mass is 19.1. The summed E-state index contributed by atoms with van der Waals surface area (Å²) >= 11 is 0. The SMILES string of the molecule is Cc1cc(F)cc(C(=O)NC(C(=O)O)C2CCCOC2)c1. The van der Waals surface area contributed by atoms with Crippen molar-refractivity contribution < 1.29 is 23.8 Å². The lowest BCUT2D eigenvalue weighted by Crippen LogP contribution is -2.48. The third-order valence-corrected chi connectivity index (χ3v) is 3.52. The maximum Gasteiger partial charge on any atom is 0.326 e. The number of ether oxygens (including phenoxy) is 1. The molecule has 0 aromatic heterocycles. The van der Waals surface area contributed by atoms with E-state index in [1.165, 1.54) is 12.1 Å². The summed E-state index contributed by atoms with van der Waals surface area (Å²) in [7, 11) is 0. The lowest BCUT2D eigenvalue weighted by Gasteiger charge is -2.28. The first-order chi connectivity index (χ1) is 9.97. The Morgan fingerprint density at radius 1 is 1.43 bits per heavy atom. The molecular weight excluding hydrogens is 277 g/mol. The molecule has 0 saturated carbocycles. The van der Waals surface area contributed by atoms with Gasteiger partial charge < -0.3 is 15.2 Å². The van der Waals surface area contributed by atoms with Crippen LogP contribution in [0.3, 0.4) is 0 Å². The minimum Gasteiger partial charge on any atom is -0.480 e. The van der Waals surface area contributed by atoms with Gasteiger partial charge in [0.1, 0.15) is 11.9 Å². The minimum absolute atomic E-state index is 0.121. The number of nitrogens with one attached hydrogen (secondary N) is 1. The lowest BCUT2D eigenvalue weighted by molar-refractivity contribution is -0.142. The number of benzene rings is 1. The predicted octanol–water partition coefficient (Wildman–Crippen LogP) is 1.74. The average molecular weight is 295 g/mol. The van der Waals surface area contributed by atoms with Gasteiger partial charge in [0.15, 0.2) is 0 Å². The maximum atomic E-state index is 13.3. The van der Waals surface area contributed by atoms with Crippen LogP contribution in [0, 0.1) is 18.7 Å². The van der Waals surface area contributed by atoms with Gasteiger partial charge in [0.05, 0.1) is 6.61 Å². The Labute approximate surface area is 122 Å². The van der Waals surface area contributed by atoms with Gasteiger partial charge in [-0.1, -0.05) is 0 Å². The second kappa shape index (κ2) is 6.67. The Bertz CT molecular complexity index is 520. The molecule has 2 N–H and O–H groups in total. The molecule has 5 nitrogen and oxygen atoms in total. The molecule has 0 aliphatic carbocycles. The van der Waals surface area contributed by atoms with E-state index in [0.717, 1.165) is 12.5 Å². The van der Waals surface area contributed by atoms with E-state index in [1.54, 1.807) is 6.92 Å². The normalized spacial score (nSPS) is 19.8. The number of amides is 1. The second-order valence-electron chi connectivity index (χ2n) is 5.28. The highest BCUT2D eigenvalue weighted by molar-refractivity contribution is 5.96. The van der Waals surface area contributed by atoms with E-state index < -0.39 is 23.7 Å². The number of carbonyl (C=O) groups is 2. The zero-order valence-electron chi connectivity index (χ0n) is 11.8. The molecule has 1 heterocycles. The quantitative estimate of drug-likeness (QED) is 0.887. The van der Waals surface area contributed by atoms with Gasteiger partial charge in [-0.25, -0.2) is 9.18 Å². The number of hydrogen-bond acceptors (Lipinski definition) is 3. The number of carbonyl (C=O) groups excluding carboxylic acids is 1. The van der Waals surface area contributed by atoms with Crippen LogP contribution < -0.4 is 5.32 Å². The van der Waals surface area contributed by atoms with Gasteiger partial charge in [-0.15, -0.1) is 0 Å². The first kappa shape index (κ1) is 15.4. The van der Waals surface area contributed by atoms with Gasteiger partial charge in [0.2, 0.25) is 0 Å². The van der Waals surface area contributed by atoms with Crippen molar-refractivity contribution >= 4 is 11.9 Å². The van der Waals surface area contributed by atoms with Crippen LogP contribution in [0.1, 0.15) is 28.8 Å². The molecule has 1 saturated heterocycles. The fraction of sp³-hybridized carbons (Fsp3) is 0.467. The van der Waals surface area contributed by atoms with Crippen LogP contribution in [-0.2, 0) is 9.53 Å². The molecule has 1 aliphatic heterocycles. The molecule has 1 amide bonds. The standard InChI is InChI=1S/C15H18FNO4/c1-9-5-11(7-12(16)6-9)14(18)17-13(15(19)20)10-3-2-4-21-8-10/h5-7,10,13H,2-4,8H2,1H3,(H,17,18)(H,19,20). The van der Waals surface area contributed by atoms with Crippen molar-refractivity contribution in [2.24, 2.45) is 5.92 Å². The Hall–Kier alpha value is -1.95. The molecule has 1 aromatic rings. The van der Waals surface area contributed by atoms with Crippen LogP contribution in [0.4, 0.5) is 4.39 Å². The molecule has 2 atom stereocenters. The summed E-state index contributed by atoms with van der Waals surface area (Å²) in [6.45, 7) is 2.59. The number of aliphatic carboxylic acids is 1. The third-order valence-electron chi connectivity index (χ3n) is 3.52. The van der Waals surface area contributed by atoms with Crippen molar-refractivity contribution in [2.75, 3.05) is 13.2 Å². The number of rotatable bonds is 4. The summed E-state index contributed by atoms with van der Waals surface area (Å²) in [5.41, 5.74) is 0.725. The fourth-order valence-electron chi connectivity index (χ4n) is 2.50. The second-order valence-corrected chi connectivity index (χ2v) is 5.28. The maximum absolute atomic E-state index is 13.3. The van der Waals surface area contributed by atoms with Crippen LogP contribution >= 0.6 is 0 Å². The van der Waals surface area contributed by atoms with Gasteiger partial charge in [0, 0.05) is 18.1 Å². The Morgan fingerprint density at radius 2 is 2.19 bits per heavy atom. The van der Waals surface area contributed by atoms with E-state index in [2.05, 4.69) is 5.32 Å². The summed E-state index contributed by atoms with van der Waals surface area (Å²) in [5, 5.41) is 11.8. The molecule has 6 heteroatoms. The number of hydrogen-bond donors (Lipinski definition) is 2. The van der Waals surface area contributed by atoms with E-state index >= 15 is 0 Å². The molecule has 2 rings (SSSR count). The first-order valence-corrected chi connectivity index (χ1v) is 6.86. The molecule has 1 fully saturated rings. The van der Waals surface area contributed by atoms with Crippen LogP contribution in [0.2, 0.25) is 0 Å². The summed E-state index contributed by atoms with van der Waals surface area (Å²) in [6.07, 6.45) is 1.45. The van der Waals surface area contributed by atoms with E-state index in [4.69, 9.17) is 4.74 Å². The van der Waals surface area contributed by atoms with Crippen molar-refractivity contribution in [1.82, 2.24) is 5.32 Å². The van der Waals surface area contributed by atoms with Gasteiger partial charge in [0.25, 0.3) is 5.91 Å². The van der Waals surface area contributed by atoms with E-state index in [0.29, 0.717) is 25.2 Å². The largest absolute Gasteiger partial charge is 0.480 e. The smallest absolute Gasteiger partial charge is 0.326 e. The van der Waals surface area contributed by atoms with Crippen molar-refractivity contribution in [1.29, 1.82) is 0 Å². The van der Waals surface area contributed by atoms with Gasteiger partial charge in [-0.05, 0) is 43.5 Å². The van der Waals surface area contributed by atoms with E-state index in [9.17, 15) is 19.1 Å². The fourth-order valence-corrected chi connectivity index (χ4v) is 2.50. The number of aryl methyl sites for hydroxylation is 1. The Morgan fingerprint density at radius 3 is 2.76 bits per heavy atom. The van der Waals surface area contributed by atoms with Gasteiger partial charge in [-0.2, -0.15) is 0 Å². The van der Waals surface area contributed by atoms with E-state index in [-0.39, 0.29) is 11.5 Å². The molecule has 1 aromatic carbocycles. The van der Waals surface area contributed by atoms with Gasteiger partial charge in [-0.3, -0.25) is 4.79 Å². The number of halogens is 1. The molecule has 0 bridgehead atoms. The van der Waals surface area contributed by atoms with Crippen molar-refractivity contribution in [2.45, 2.75) is 25.8 Å². The molecule has 21 heavy (non-hydrogen) atoms. The molecule has 2 unspecified atom stereocenters.